The number of nitrogens with one attached hydrogen (secondary N) is 1. The Hall–Kier alpha value is -2.15. The lowest BCUT2D eigenvalue weighted by Gasteiger charge is -2.17. The van der Waals surface area contributed by atoms with E-state index >= 15 is 0 Å². The highest BCUT2D eigenvalue weighted by molar-refractivity contribution is 7.18. The van der Waals surface area contributed by atoms with Gasteiger partial charge in [-0.05, 0) is 25.1 Å². The second kappa shape index (κ2) is 5.81. The summed E-state index contributed by atoms with van der Waals surface area (Å²) < 4.78 is 39.0. The fourth-order valence-electron chi connectivity index (χ4n) is 2.26. The van der Waals surface area contributed by atoms with Gasteiger partial charge in [-0.3, -0.25) is 4.90 Å². The number of rotatable bonds is 3. The molecular weight excluding hydrogens is 323 g/mol. The molecular formula is C16H15F3N3S+. The number of nitrogens with zero attached hydrogens (tertiary/aromatic N) is 2. The highest BCUT2D eigenvalue weighted by atomic mass is 32.1. The molecule has 0 amide bonds. The van der Waals surface area contributed by atoms with E-state index in [0.717, 1.165) is 27.5 Å². The van der Waals surface area contributed by atoms with Crippen molar-refractivity contribution in [1.29, 1.82) is 0 Å². The lowest BCUT2D eigenvalue weighted by molar-refractivity contribution is -0.367. The first-order valence-corrected chi connectivity index (χ1v) is 7.85. The number of alkyl halides is 3. The maximum Gasteiger partial charge on any atom is 0.419 e. The summed E-state index contributed by atoms with van der Waals surface area (Å²) >= 11 is 1.59. The average molecular weight is 338 g/mol. The highest BCUT2D eigenvalue weighted by Crippen LogP contribution is 2.31. The Kier molecular flexibility index (Phi) is 3.97. The lowest BCUT2D eigenvalue weighted by Crippen LogP contribution is -2.28. The van der Waals surface area contributed by atoms with Crippen molar-refractivity contribution >= 4 is 27.4 Å². The minimum absolute atomic E-state index is 0.0552. The van der Waals surface area contributed by atoms with E-state index in [1.807, 2.05) is 43.1 Å². The SMILES string of the molecule is C[C@@H](c1nc2ccccc2s1)N(C)c1ccc(C(F)(F)F)c[nH+]1. The predicted molar refractivity (Wildman–Crippen MR) is 84.4 cm³/mol. The van der Waals surface area contributed by atoms with Crippen LogP contribution in [-0.4, -0.2) is 12.0 Å². The van der Waals surface area contributed by atoms with Gasteiger partial charge in [0.05, 0.1) is 22.8 Å². The number of benzene rings is 1. The Balaban J connectivity index is 1.85. The van der Waals surface area contributed by atoms with E-state index < -0.39 is 11.7 Å². The Morgan fingerprint density at radius 2 is 1.91 bits per heavy atom. The number of H-pyrrole nitrogens is 1. The normalized spacial score (nSPS) is 13.3. The molecule has 3 nitrogen and oxygen atoms in total. The minimum Gasteiger partial charge on any atom is -0.255 e. The van der Waals surface area contributed by atoms with Gasteiger partial charge in [0.1, 0.15) is 17.2 Å². The Morgan fingerprint density at radius 1 is 1.17 bits per heavy atom. The van der Waals surface area contributed by atoms with Crippen LogP contribution in [0.4, 0.5) is 19.0 Å². The first-order chi connectivity index (χ1) is 10.9. The van der Waals surface area contributed by atoms with Crippen LogP contribution in [0.5, 0.6) is 0 Å². The summed E-state index contributed by atoms with van der Waals surface area (Å²) in [5, 5.41) is 0.919. The van der Waals surface area contributed by atoms with Crippen molar-refractivity contribution < 1.29 is 18.2 Å². The smallest absolute Gasteiger partial charge is 0.255 e. The molecule has 0 unspecified atom stereocenters. The van der Waals surface area contributed by atoms with Crippen LogP contribution in [-0.2, 0) is 6.18 Å². The van der Waals surface area contributed by atoms with E-state index in [-0.39, 0.29) is 6.04 Å². The molecule has 3 rings (SSSR count). The summed E-state index contributed by atoms with van der Waals surface area (Å²) in [6, 6.07) is 10.3. The Morgan fingerprint density at radius 3 is 2.52 bits per heavy atom. The lowest BCUT2D eigenvalue weighted by atomic mass is 10.2. The van der Waals surface area contributed by atoms with Gasteiger partial charge in [-0.2, -0.15) is 13.2 Å². The molecule has 1 N–H and O–H groups in total. The van der Waals surface area contributed by atoms with Gasteiger partial charge >= 0.3 is 6.18 Å². The molecule has 3 aromatic rings. The van der Waals surface area contributed by atoms with Crippen LogP contribution in [0.2, 0.25) is 0 Å². The topological polar surface area (TPSA) is 30.3 Å². The van der Waals surface area contributed by atoms with Gasteiger partial charge in [0.25, 0.3) is 5.82 Å². The van der Waals surface area contributed by atoms with Gasteiger partial charge in [-0.25, -0.2) is 9.97 Å². The van der Waals surface area contributed by atoms with E-state index in [0.29, 0.717) is 5.82 Å². The van der Waals surface area contributed by atoms with Crippen LogP contribution < -0.4 is 9.88 Å². The zero-order valence-corrected chi connectivity index (χ0v) is 13.4. The monoisotopic (exact) mass is 338 g/mol. The van der Waals surface area contributed by atoms with Crippen molar-refractivity contribution in [1.82, 2.24) is 4.98 Å². The molecule has 0 saturated heterocycles. The molecule has 0 radical (unpaired) electrons. The van der Waals surface area contributed by atoms with Gasteiger partial charge in [0.15, 0.2) is 0 Å². The number of thiazole rings is 1. The number of fused-ring (bicyclic) bond motifs is 1. The molecule has 0 spiro atoms. The summed E-state index contributed by atoms with van der Waals surface area (Å²) in [5.41, 5.74) is 0.242. The van der Waals surface area contributed by atoms with Gasteiger partial charge in [-0.15, -0.1) is 11.3 Å². The quantitative estimate of drug-likeness (QED) is 0.712. The summed E-state index contributed by atoms with van der Waals surface area (Å²) in [6.45, 7) is 1.98. The molecule has 23 heavy (non-hydrogen) atoms. The van der Waals surface area contributed by atoms with Crippen LogP contribution in [0.25, 0.3) is 10.2 Å². The maximum atomic E-state index is 12.6. The second-order valence-corrected chi connectivity index (χ2v) is 6.33. The third kappa shape index (κ3) is 3.14. The number of halogens is 3. The summed E-state index contributed by atoms with van der Waals surface area (Å²) in [6.07, 6.45) is -3.36. The molecule has 7 heteroatoms. The minimum atomic E-state index is -4.34. The number of hydrogen-bond donors (Lipinski definition) is 0. The molecule has 2 heterocycles. The number of para-hydroxylation sites is 1. The van der Waals surface area contributed by atoms with Crippen molar-refractivity contribution in [3.8, 4) is 0 Å². The maximum absolute atomic E-state index is 12.6. The molecule has 0 aliphatic rings. The van der Waals surface area contributed by atoms with Crippen LogP contribution in [0.1, 0.15) is 23.5 Å². The van der Waals surface area contributed by atoms with E-state index in [9.17, 15) is 13.2 Å². The molecule has 0 aliphatic carbocycles. The first-order valence-electron chi connectivity index (χ1n) is 7.03. The van der Waals surface area contributed by atoms with Crippen LogP contribution in [0.3, 0.4) is 0 Å². The molecule has 120 valence electrons. The first kappa shape index (κ1) is 15.7. The molecule has 1 aromatic carbocycles. The van der Waals surface area contributed by atoms with Crippen LogP contribution >= 0.6 is 11.3 Å². The number of hydrogen-bond acceptors (Lipinski definition) is 3. The fourth-order valence-corrected chi connectivity index (χ4v) is 3.32. The van der Waals surface area contributed by atoms with Crippen molar-refractivity contribution in [3.05, 3.63) is 53.2 Å². The summed E-state index contributed by atoms with van der Waals surface area (Å²) in [5.74, 6) is 0.602. The zero-order valence-electron chi connectivity index (χ0n) is 12.6. The molecule has 0 bridgehead atoms. The largest absolute Gasteiger partial charge is 0.419 e. The third-order valence-electron chi connectivity index (χ3n) is 3.75. The van der Waals surface area contributed by atoms with E-state index in [2.05, 4.69) is 9.97 Å². The molecule has 1 atom stereocenters. The molecule has 0 aliphatic heterocycles. The number of aromatic amines is 1. The van der Waals surface area contributed by atoms with Crippen molar-refractivity contribution in [2.45, 2.75) is 19.1 Å². The fraction of sp³-hybridized carbons (Fsp3) is 0.250. The van der Waals surface area contributed by atoms with Gasteiger partial charge in [0.2, 0.25) is 0 Å². The molecule has 0 saturated carbocycles. The Labute approximate surface area is 135 Å². The van der Waals surface area contributed by atoms with Crippen molar-refractivity contribution in [2.24, 2.45) is 0 Å². The standard InChI is InChI=1S/C16H14F3N3S/c1-10(15-21-12-5-3-4-6-13(12)23-15)22(2)14-8-7-11(9-20-14)16(17,18)19/h3-10H,1-2H3/p+1/t10-/m0/s1. The van der Waals surface area contributed by atoms with Crippen LogP contribution in [0.15, 0.2) is 42.6 Å². The Bertz CT molecular complexity index is 778. The highest BCUT2D eigenvalue weighted by Gasteiger charge is 2.32. The molecule has 2 aromatic heterocycles. The van der Waals surface area contributed by atoms with Gasteiger partial charge < -0.3 is 0 Å². The van der Waals surface area contributed by atoms with E-state index in [1.54, 1.807) is 11.3 Å². The van der Waals surface area contributed by atoms with Gasteiger partial charge in [0, 0.05) is 6.07 Å². The number of pyridine rings is 1. The number of aromatic nitrogens is 2. The number of anilines is 1. The average Bonchev–Trinajstić information content (AvgIpc) is 2.96. The van der Waals surface area contributed by atoms with Crippen molar-refractivity contribution in [3.63, 3.8) is 0 Å². The third-order valence-corrected chi connectivity index (χ3v) is 4.96. The summed E-state index contributed by atoms with van der Waals surface area (Å²) in [7, 11) is 1.83. The van der Waals surface area contributed by atoms with Gasteiger partial charge in [-0.1, -0.05) is 12.1 Å². The van der Waals surface area contributed by atoms with Crippen molar-refractivity contribution in [2.75, 3.05) is 11.9 Å². The predicted octanol–water partition coefficient (Wildman–Crippen LogP) is 4.33. The van der Waals surface area contributed by atoms with E-state index in [1.165, 1.54) is 6.07 Å². The summed E-state index contributed by atoms with van der Waals surface area (Å²) in [4.78, 5) is 9.18. The second-order valence-electron chi connectivity index (χ2n) is 5.27. The van der Waals surface area contributed by atoms with E-state index in [4.69, 9.17) is 0 Å². The molecule has 0 fully saturated rings. The zero-order chi connectivity index (χ0) is 16.6. The van der Waals surface area contributed by atoms with Crippen LogP contribution in [0, 0.1) is 0 Å².